The summed E-state index contributed by atoms with van der Waals surface area (Å²) < 4.78 is 43.0. The molecule has 9 rings (SSSR count). The standard InChI is InChI=1S/C35H38N4O6.C34H45N5O6S/c1-2-3-4-5-6-11-22-44-27-16-18-28(19-17-27)45-31-15-10-8-13-29(31)37-33(40)32(39-24-26(23-36-39)35(42)43)34(41)38-21-20-25-12-7-9-14-30(25)38;1-3-4-5-6-7-8-9-10-11-14-20-36-46(44,45)28-18-17-25(2)29(22-28)37-32(40)31(39-24-27(23-35-39)34(42)43)33(41)38-21-19-26-15-12-13-16-30(26)38/h7-10,12-19,23-24,32H,2-6,11,20-22H2,1H3,(H,37,40)(H,42,43);12-13,15-18,22-24,31,36H,3-11,14,19-21H2,1-2H3,(H,37,40)(H,42,43). The molecule has 2 aliphatic heterocycles. The van der Waals surface area contributed by atoms with Crippen molar-refractivity contribution in [3.05, 3.63) is 168 Å². The van der Waals surface area contributed by atoms with Crippen molar-refractivity contribution in [1.82, 2.24) is 24.3 Å². The minimum atomic E-state index is -3.85. The average molecular weight is 1260 g/mol. The zero-order valence-corrected chi connectivity index (χ0v) is 52.9. The van der Waals surface area contributed by atoms with Gasteiger partial charge in [0.05, 0.1) is 40.7 Å². The Bertz CT molecular complexity index is 3720. The average Bonchev–Trinajstić information content (AvgIpc) is 1.77. The zero-order chi connectivity index (χ0) is 64.7. The Labute approximate surface area is 532 Å². The Morgan fingerprint density at radius 3 is 1.53 bits per heavy atom. The van der Waals surface area contributed by atoms with Crippen LogP contribution in [0, 0.1) is 6.92 Å². The number of hydrogen-bond acceptors (Lipinski definition) is 12. The SMILES string of the molecule is CCCCCCCCCCCCNS(=O)(=O)c1ccc(C)c(NC(=O)C(C(=O)N2CCc3ccccc32)n2cc(C(=O)O)cn2)c1.CCCCCCCCOc1ccc(Oc2ccccc2NC(=O)C(C(=O)N2CCc3ccccc32)n2cc(C(=O)O)cn2)cc1. The molecule has 5 aromatic carbocycles. The van der Waals surface area contributed by atoms with E-state index in [0.29, 0.717) is 73.2 Å². The van der Waals surface area contributed by atoms with Crippen LogP contribution >= 0.6 is 0 Å². The molecular weight excluding hydrogens is 1180 g/mol. The number of unbranched alkanes of at least 4 members (excludes halogenated alkanes) is 14. The van der Waals surface area contributed by atoms with Gasteiger partial charge >= 0.3 is 11.9 Å². The maximum Gasteiger partial charge on any atom is 0.338 e. The van der Waals surface area contributed by atoms with E-state index in [1.807, 2.05) is 48.5 Å². The number of sulfonamides is 1. The number of carbonyl (C=O) groups is 6. The first kappa shape index (κ1) is 67.8. The highest BCUT2D eigenvalue weighted by Gasteiger charge is 2.39. The number of carboxylic acids is 2. The monoisotopic (exact) mass is 1260 g/mol. The molecule has 2 aliphatic rings. The number of amides is 4. The molecule has 21 nitrogen and oxygen atoms in total. The van der Waals surface area contributed by atoms with Gasteiger partial charge in [0.1, 0.15) is 11.5 Å². The number of rotatable bonds is 33. The number of aryl methyl sites for hydroxylation is 1. The summed E-state index contributed by atoms with van der Waals surface area (Å²) >= 11 is 0. The molecule has 0 fully saturated rings. The predicted octanol–water partition coefficient (Wildman–Crippen LogP) is 12.7. The molecule has 0 radical (unpaired) electrons. The lowest BCUT2D eigenvalue weighted by Crippen LogP contribution is -2.42. The number of hydrogen-bond donors (Lipinski definition) is 5. The maximum absolute atomic E-state index is 13.9. The highest BCUT2D eigenvalue weighted by Crippen LogP contribution is 2.35. The molecule has 5 N–H and O–H groups in total. The number of benzene rings is 5. The van der Waals surface area contributed by atoms with Crippen LogP contribution in [0.3, 0.4) is 0 Å². The van der Waals surface area contributed by atoms with Crippen LogP contribution in [0.1, 0.15) is 166 Å². The van der Waals surface area contributed by atoms with Gasteiger partial charge in [-0.05, 0) is 110 Å². The fourth-order valence-corrected chi connectivity index (χ4v) is 12.1. The molecule has 0 aliphatic carbocycles. The molecule has 4 amide bonds. The normalized spacial score (nSPS) is 13.1. The Morgan fingerprint density at radius 1 is 0.549 bits per heavy atom. The lowest BCUT2D eigenvalue weighted by atomic mass is 10.1. The van der Waals surface area contributed by atoms with Crippen molar-refractivity contribution >= 4 is 68.3 Å². The highest BCUT2D eigenvalue weighted by molar-refractivity contribution is 7.89. The van der Waals surface area contributed by atoms with Gasteiger partial charge in [0.25, 0.3) is 23.6 Å². The van der Waals surface area contributed by atoms with E-state index in [-0.39, 0.29) is 21.7 Å². The Kier molecular flexibility index (Phi) is 25.0. The van der Waals surface area contributed by atoms with Gasteiger partial charge in [0.15, 0.2) is 5.75 Å². The predicted molar refractivity (Wildman–Crippen MR) is 349 cm³/mol. The van der Waals surface area contributed by atoms with Crippen molar-refractivity contribution in [2.75, 3.05) is 46.7 Å². The summed E-state index contributed by atoms with van der Waals surface area (Å²) in [7, 11) is -3.85. The van der Waals surface area contributed by atoms with Crippen LogP contribution < -0.4 is 34.6 Å². The smallest absolute Gasteiger partial charge is 0.338 e. The van der Waals surface area contributed by atoms with Gasteiger partial charge in [-0.25, -0.2) is 32.1 Å². The minimum Gasteiger partial charge on any atom is -0.494 e. The van der Waals surface area contributed by atoms with Gasteiger partial charge in [0, 0.05) is 49.1 Å². The van der Waals surface area contributed by atoms with Gasteiger partial charge in [-0.1, -0.05) is 158 Å². The van der Waals surface area contributed by atoms with Crippen LogP contribution in [-0.2, 0) is 42.0 Å². The van der Waals surface area contributed by atoms with Crippen LogP contribution in [0.2, 0.25) is 0 Å². The first-order valence-corrected chi connectivity index (χ1v) is 33.1. The van der Waals surface area contributed by atoms with Crippen LogP contribution in [0.4, 0.5) is 22.7 Å². The van der Waals surface area contributed by atoms with Crippen LogP contribution in [-0.4, -0.2) is 100 Å². The summed E-state index contributed by atoms with van der Waals surface area (Å²) in [4.78, 5) is 81.5. The fraction of sp³-hybridized carbons (Fsp3) is 0.391. The van der Waals surface area contributed by atoms with E-state index in [2.05, 4.69) is 39.4 Å². The molecule has 22 heteroatoms. The first-order valence-electron chi connectivity index (χ1n) is 31.6. The third-order valence-electron chi connectivity index (χ3n) is 16.1. The Hall–Kier alpha value is -9.15. The van der Waals surface area contributed by atoms with E-state index in [4.69, 9.17) is 9.47 Å². The summed E-state index contributed by atoms with van der Waals surface area (Å²) in [5, 5.41) is 32.5. The molecule has 0 saturated carbocycles. The third kappa shape index (κ3) is 18.7. The molecule has 0 saturated heterocycles. The molecule has 2 aromatic heterocycles. The largest absolute Gasteiger partial charge is 0.494 e. The fourth-order valence-electron chi connectivity index (χ4n) is 11.0. The van der Waals surface area contributed by atoms with E-state index in [0.717, 1.165) is 83.4 Å². The van der Waals surface area contributed by atoms with Crippen LogP contribution in [0.15, 0.2) is 145 Å². The number of para-hydroxylation sites is 4. The number of nitrogens with zero attached hydrogens (tertiary/aromatic N) is 6. The van der Waals surface area contributed by atoms with E-state index in [1.54, 1.807) is 66.4 Å². The van der Waals surface area contributed by atoms with Gasteiger partial charge in [-0.2, -0.15) is 10.2 Å². The molecule has 482 valence electrons. The van der Waals surface area contributed by atoms with Crippen molar-refractivity contribution in [3.63, 3.8) is 0 Å². The second-order valence-corrected chi connectivity index (χ2v) is 24.6. The summed E-state index contributed by atoms with van der Waals surface area (Å²) in [5.74, 6) is -3.35. The summed E-state index contributed by atoms with van der Waals surface area (Å²) in [6.45, 7) is 7.86. The molecular formula is C69H83N9O12S. The first-order chi connectivity index (χ1) is 44.1. The second kappa shape index (κ2) is 33.6. The quantitative estimate of drug-likeness (QED) is 0.0189. The van der Waals surface area contributed by atoms with Gasteiger partial charge in [0.2, 0.25) is 22.1 Å². The zero-order valence-electron chi connectivity index (χ0n) is 52.1. The number of nitrogens with one attached hydrogen (secondary N) is 3. The van der Waals surface area contributed by atoms with Crippen LogP contribution in [0.25, 0.3) is 0 Å². The number of aromatic carboxylic acids is 2. The molecule has 0 bridgehead atoms. The van der Waals surface area contributed by atoms with Crippen molar-refractivity contribution < 1.29 is 56.9 Å². The minimum absolute atomic E-state index is 0.0101. The van der Waals surface area contributed by atoms with E-state index in [1.165, 1.54) is 87.4 Å². The van der Waals surface area contributed by atoms with Crippen molar-refractivity contribution in [2.24, 2.45) is 0 Å². The van der Waals surface area contributed by atoms with Crippen LogP contribution in [0.5, 0.6) is 17.2 Å². The van der Waals surface area contributed by atoms with E-state index in [9.17, 15) is 47.4 Å². The number of anilines is 4. The number of aromatic nitrogens is 4. The lowest BCUT2D eigenvalue weighted by molar-refractivity contribution is -0.131. The number of ether oxygens (including phenoxy) is 2. The van der Waals surface area contributed by atoms with Gasteiger partial charge in [-0.3, -0.25) is 19.2 Å². The Morgan fingerprint density at radius 2 is 1.01 bits per heavy atom. The van der Waals surface area contributed by atoms with E-state index >= 15 is 0 Å². The molecule has 2 unspecified atom stereocenters. The van der Waals surface area contributed by atoms with E-state index < -0.39 is 57.7 Å². The van der Waals surface area contributed by atoms with Crippen molar-refractivity contribution in [3.8, 4) is 17.2 Å². The molecule has 2 atom stereocenters. The number of fused-ring (bicyclic) bond motifs is 2. The van der Waals surface area contributed by atoms with Crippen molar-refractivity contribution in [1.29, 1.82) is 0 Å². The number of carboxylic acid groups (broad SMARTS) is 2. The molecule has 0 spiro atoms. The highest BCUT2D eigenvalue weighted by atomic mass is 32.2. The molecule has 4 heterocycles. The van der Waals surface area contributed by atoms with Gasteiger partial charge in [-0.15, -0.1) is 0 Å². The summed E-state index contributed by atoms with van der Waals surface area (Å²) in [6.07, 6.45) is 24.4. The summed E-state index contributed by atoms with van der Waals surface area (Å²) in [5.41, 5.74) is 4.19. The number of carbonyl (C=O) groups excluding carboxylic acids is 4. The topological polar surface area (TPSA) is 274 Å². The maximum atomic E-state index is 13.9. The molecule has 91 heavy (non-hydrogen) atoms. The summed E-state index contributed by atoms with van der Waals surface area (Å²) in [6, 6.07) is 30.5. The van der Waals surface area contributed by atoms with Gasteiger partial charge < -0.3 is 40.1 Å². The Balaban J connectivity index is 0.000000235. The molecule has 7 aromatic rings. The second-order valence-electron chi connectivity index (χ2n) is 22.8. The van der Waals surface area contributed by atoms with Crippen molar-refractivity contribution in [2.45, 2.75) is 153 Å². The third-order valence-corrected chi connectivity index (χ3v) is 17.5. The lowest BCUT2D eigenvalue weighted by Gasteiger charge is -2.24.